The van der Waals surface area contributed by atoms with Crippen LogP contribution in [0.15, 0.2) is 52.5 Å². The van der Waals surface area contributed by atoms with Crippen molar-refractivity contribution in [1.29, 1.82) is 0 Å². The van der Waals surface area contributed by atoms with E-state index in [1.807, 2.05) is 0 Å². The van der Waals surface area contributed by atoms with Crippen LogP contribution >= 0.6 is 23.4 Å². The van der Waals surface area contributed by atoms with Crippen LogP contribution in [0.1, 0.15) is 0 Å². The molecule has 0 atom stereocenters. The topological polar surface area (TPSA) is 56.0 Å². The summed E-state index contributed by atoms with van der Waals surface area (Å²) in [5.41, 5.74) is 0.0133. The predicted molar refractivity (Wildman–Crippen MR) is 66.5 cm³/mol. The van der Waals surface area contributed by atoms with Gasteiger partial charge in [-0.1, -0.05) is 23.4 Å². The van der Waals surface area contributed by atoms with Gasteiger partial charge in [0.15, 0.2) is 0 Å². The van der Waals surface area contributed by atoms with Crippen LogP contribution in [0, 0.1) is 10.1 Å². The molecule has 1 heterocycles. The summed E-state index contributed by atoms with van der Waals surface area (Å²) >= 11 is 7.05. The Balaban J connectivity index is 2.36. The van der Waals surface area contributed by atoms with E-state index in [4.69, 9.17) is 11.6 Å². The fraction of sp³-hybridized carbons (Fsp3) is 0. The average Bonchev–Trinajstić information content (AvgIpc) is 2.32. The summed E-state index contributed by atoms with van der Waals surface area (Å²) in [6, 6.07) is 8.22. The molecule has 2 aromatic rings. The van der Waals surface area contributed by atoms with Crippen molar-refractivity contribution in [3.63, 3.8) is 0 Å². The van der Waals surface area contributed by atoms with Crippen LogP contribution in [-0.4, -0.2) is 9.91 Å². The SMILES string of the molecule is O=[N+]([O-])c1cc(Cl)ccc1Sc1ccncc1. The smallest absolute Gasteiger partial charge is 0.265 e. The van der Waals surface area contributed by atoms with E-state index < -0.39 is 4.92 Å². The molecule has 0 aliphatic heterocycles. The highest BCUT2D eigenvalue weighted by atomic mass is 35.5. The van der Waals surface area contributed by atoms with Gasteiger partial charge < -0.3 is 0 Å². The Morgan fingerprint density at radius 2 is 1.94 bits per heavy atom. The summed E-state index contributed by atoms with van der Waals surface area (Å²) in [6.45, 7) is 0. The minimum Gasteiger partial charge on any atom is -0.265 e. The first-order valence-corrected chi connectivity index (χ1v) is 5.88. The van der Waals surface area contributed by atoms with Crippen LogP contribution in [0.3, 0.4) is 0 Å². The van der Waals surface area contributed by atoms with Gasteiger partial charge in [0.2, 0.25) is 0 Å². The second kappa shape index (κ2) is 5.16. The first kappa shape index (κ1) is 11.9. The van der Waals surface area contributed by atoms with E-state index in [1.165, 1.54) is 17.8 Å². The highest BCUT2D eigenvalue weighted by Crippen LogP contribution is 2.35. The van der Waals surface area contributed by atoms with Crippen molar-refractivity contribution in [2.75, 3.05) is 0 Å². The molecule has 0 aliphatic carbocycles. The van der Waals surface area contributed by atoms with Crippen molar-refractivity contribution in [1.82, 2.24) is 4.98 Å². The van der Waals surface area contributed by atoms with E-state index in [0.717, 1.165) is 4.90 Å². The number of aromatic nitrogens is 1. The summed E-state index contributed by atoms with van der Waals surface area (Å²) in [7, 11) is 0. The largest absolute Gasteiger partial charge is 0.284 e. The van der Waals surface area contributed by atoms with Gasteiger partial charge in [-0.2, -0.15) is 0 Å². The molecule has 0 radical (unpaired) electrons. The molecule has 0 unspecified atom stereocenters. The number of halogens is 1. The molecule has 0 bridgehead atoms. The molecule has 86 valence electrons. The number of hydrogen-bond donors (Lipinski definition) is 0. The molecule has 0 saturated carbocycles. The third kappa shape index (κ3) is 2.95. The zero-order chi connectivity index (χ0) is 12.3. The molecule has 0 N–H and O–H groups in total. The summed E-state index contributed by atoms with van der Waals surface area (Å²) in [6.07, 6.45) is 3.29. The van der Waals surface area contributed by atoms with Crippen molar-refractivity contribution in [2.45, 2.75) is 9.79 Å². The highest BCUT2D eigenvalue weighted by molar-refractivity contribution is 7.99. The van der Waals surface area contributed by atoms with Crippen LogP contribution in [0.25, 0.3) is 0 Å². The van der Waals surface area contributed by atoms with Gasteiger partial charge in [-0.15, -0.1) is 0 Å². The monoisotopic (exact) mass is 266 g/mol. The van der Waals surface area contributed by atoms with E-state index >= 15 is 0 Å². The molecule has 4 nitrogen and oxygen atoms in total. The maximum Gasteiger partial charge on any atom is 0.284 e. The minimum atomic E-state index is -0.435. The molecule has 2 rings (SSSR count). The Morgan fingerprint density at radius 1 is 1.24 bits per heavy atom. The normalized spacial score (nSPS) is 10.2. The van der Waals surface area contributed by atoms with Crippen molar-refractivity contribution in [3.05, 3.63) is 57.9 Å². The van der Waals surface area contributed by atoms with Gasteiger partial charge in [0, 0.05) is 28.4 Å². The molecule has 0 aliphatic rings. The van der Waals surface area contributed by atoms with E-state index in [0.29, 0.717) is 9.92 Å². The molecule has 1 aromatic heterocycles. The van der Waals surface area contributed by atoms with Crippen molar-refractivity contribution >= 4 is 29.1 Å². The standard InChI is InChI=1S/C11H7ClN2O2S/c12-8-1-2-11(10(7-8)14(15)16)17-9-3-5-13-6-4-9/h1-7H. The van der Waals surface area contributed by atoms with Crippen LogP contribution in [0.4, 0.5) is 5.69 Å². The maximum absolute atomic E-state index is 10.9. The number of nitro groups is 1. The van der Waals surface area contributed by atoms with Gasteiger partial charge in [0.25, 0.3) is 5.69 Å². The lowest BCUT2D eigenvalue weighted by Gasteiger charge is -2.02. The number of nitrogens with zero attached hydrogens (tertiary/aromatic N) is 2. The lowest BCUT2D eigenvalue weighted by Crippen LogP contribution is -1.90. The number of nitro benzene ring substituents is 1. The van der Waals surface area contributed by atoms with Gasteiger partial charge in [0.05, 0.1) is 9.82 Å². The van der Waals surface area contributed by atoms with E-state index in [9.17, 15) is 10.1 Å². The molecule has 6 heteroatoms. The van der Waals surface area contributed by atoms with E-state index in [2.05, 4.69) is 4.98 Å². The van der Waals surface area contributed by atoms with Crippen LogP contribution in [0.5, 0.6) is 0 Å². The van der Waals surface area contributed by atoms with E-state index in [-0.39, 0.29) is 5.69 Å². The lowest BCUT2D eigenvalue weighted by molar-refractivity contribution is -0.387. The Hall–Kier alpha value is -1.59. The summed E-state index contributed by atoms with van der Waals surface area (Å²) < 4.78 is 0. The van der Waals surface area contributed by atoms with Crippen molar-refractivity contribution in [3.8, 4) is 0 Å². The van der Waals surface area contributed by atoms with Gasteiger partial charge >= 0.3 is 0 Å². The molecule has 0 amide bonds. The molecule has 17 heavy (non-hydrogen) atoms. The van der Waals surface area contributed by atoms with Crippen LogP contribution in [-0.2, 0) is 0 Å². The molecule has 0 saturated heterocycles. The fourth-order valence-corrected chi connectivity index (χ4v) is 2.30. The van der Waals surface area contributed by atoms with Crippen LogP contribution < -0.4 is 0 Å². The number of benzene rings is 1. The van der Waals surface area contributed by atoms with E-state index in [1.54, 1.807) is 36.7 Å². The highest BCUT2D eigenvalue weighted by Gasteiger charge is 2.15. The summed E-state index contributed by atoms with van der Waals surface area (Å²) in [5.74, 6) is 0. The molecule has 0 spiro atoms. The second-order valence-electron chi connectivity index (χ2n) is 3.15. The molecular weight excluding hydrogens is 260 g/mol. The lowest BCUT2D eigenvalue weighted by atomic mass is 10.3. The third-order valence-corrected chi connectivity index (χ3v) is 3.30. The third-order valence-electron chi connectivity index (χ3n) is 2.00. The number of pyridine rings is 1. The van der Waals surface area contributed by atoms with Gasteiger partial charge in [0.1, 0.15) is 0 Å². The molecule has 1 aromatic carbocycles. The fourth-order valence-electron chi connectivity index (χ4n) is 1.25. The minimum absolute atomic E-state index is 0.0133. The predicted octanol–water partition coefficient (Wildman–Crippen LogP) is 3.79. The van der Waals surface area contributed by atoms with Crippen molar-refractivity contribution < 1.29 is 4.92 Å². The zero-order valence-electron chi connectivity index (χ0n) is 8.54. The van der Waals surface area contributed by atoms with Gasteiger partial charge in [-0.3, -0.25) is 15.1 Å². The van der Waals surface area contributed by atoms with Crippen molar-refractivity contribution in [2.24, 2.45) is 0 Å². The summed E-state index contributed by atoms with van der Waals surface area (Å²) in [5, 5.41) is 11.2. The Kier molecular flexibility index (Phi) is 3.61. The Labute approximate surface area is 107 Å². The average molecular weight is 267 g/mol. The second-order valence-corrected chi connectivity index (χ2v) is 4.71. The first-order valence-electron chi connectivity index (χ1n) is 4.68. The van der Waals surface area contributed by atoms with Gasteiger partial charge in [-0.05, 0) is 24.3 Å². The zero-order valence-corrected chi connectivity index (χ0v) is 10.1. The molecule has 0 fully saturated rings. The molecular formula is C11H7ClN2O2S. The number of hydrogen-bond acceptors (Lipinski definition) is 4. The van der Waals surface area contributed by atoms with Crippen LogP contribution in [0.2, 0.25) is 5.02 Å². The maximum atomic E-state index is 10.9. The Morgan fingerprint density at radius 3 is 2.59 bits per heavy atom. The Bertz CT molecular complexity index is 548. The number of rotatable bonds is 3. The quantitative estimate of drug-likeness (QED) is 0.626. The summed E-state index contributed by atoms with van der Waals surface area (Å²) in [4.78, 5) is 15.8. The van der Waals surface area contributed by atoms with Gasteiger partial charge in [-0.25, -0.2) is 0 Å². The first-order chi connectivity index (χ1) is 8.16.